The minimum absolute atomic E-state index is 0.206. The Kier molecular flexibility index (Phi) is 6.23. The second kappa shape index (κ2) is 8.63. The summed E-state index contributed by atoms with van der Waals surface area (Å²) in [6, 6.07) is 6.78. The van der Waals surface area contributed by atoms with Gasteiger partial charge in [0.1, 0.15) is 12.0 Å². The van der Waals surface area contributed by atoms with Gasteiger partial charge < -0.3 is 25.0 Å². The summed E-state index contributed by atoms with van der Waals surface area (Å²) in [6.07, 6.45) is 3.58. The highest BCUT2D eigenvalue weighted by Gasteiger charge is 2.26. The molecule has 0 radical (unpaired) electrons. The van der Waals surface area contributed by atoms with Crippen molar-refractivity contribution in [2.24, 2.45) is 0 Å². The number of hydrogen-bond acceptors (Lipinski definition) is 6. The van der Waals surface area contributed by atoms with E-state index in [1.807, 2.05) is 24.9 Å². The van der Waals surface area contributed by atoms with Gasteiger partial charge in [-0.3, -0.25) is 9.69 Å². The zero-order chi connectivity index (χ0) is 19.4. The van der Waals surface area contributed by atoms with Crippen LogP contribution >= 0.6 is 0 Å². The van der Waals surface area contributed by atoms with E-state index in [2.05, 4.69) is 34.6 Å². The Morgan fingerprint density at radius 1 is 1.48 bits per heavy atom. The van der Waals surface area contributed by atoms with Gasteiger partial charge in [-0.25, -0.2) is 0 Å². The van der Waals surface area contributed by atoms with Gasteiger partial charge in [0, 0.05) is 37.6 Å². The van der Waals surface area contributed by atoms with Gasteiger partial charge in [-0.15, -0.1) is 0 Å². The number of nitrogens with zero attached hydrogens (tertiary/aromatic N) is 2. The maximum atomic E-state index is 12.6. The van der Waals surface area contributed by atoms with Gasteiger partial charge in [0.05, 0.1) is 6.61 Å². The molecule has 0 saturated carbocycles. The lowest BCUT2D eigenvalue weighted by Crippen LogP contribution is -2.43. The van der Waals surface area contributed by atoms with Crippen molar-refractivity contribution in [2.45, 2.75) is 39.1 Å². The van der Waals surface area contributed by atoms with E-state index in [-0.39, 0.29) is 12.3 Å². The van der Waals surface area contributed by atoms with Crippen LogP contribution in [-0.2, 0) is 14.3 Å². The van der Waals surface area contributed by atoms with Crippen LogP contribution in [0.5, 0.6) is 0 Å². The molecule has 2 unspecified atom stereocenters. The SMILES string of the molecule is COCCN(C)C1NC(C(=O)Nc2ccc(N3CCCC3C)cc2C)=CO1. The predicted molar refractivity (Wildman–Crippen MR) is 106 cm³/mol. The zero-order valence-electron chi connectivity index (χ0n) is 16.6. The maximum absolute atomic E-state index is 12.6. The molecule has 0 aliphatic carbocycles. The second-order valence-corrected chi connectivity index (χ2v) is 7.28. The Labute approximate surface area is 161 Å². The highest BCUT2D eigenvalue weighted by molar-refractivity contribution is 6.03. The normalized spacial score (nSPS) is 21.8. The molecule has 2 N–H and O–H groups in total. The molecule has 0 aromatic heterocycles. The fourth-order valence-electron chi connectivity index (χ4n) is 3.49. The largest absolute Gasteiger partial charge is 0.462 e. The summed E-state index contributed by atoms with van der Waals surface area (Å²) < 4.78 is 10.6. The smallest absolute Gasteiger partial charge is 0.275 e. The number of carbonyl (C=O) groups is 1. The van der Waals surface area contributed by atoms with Crippen LogP contribution in [-0.4, -0.2) is 57.1 Å². The van der Waals surface area contributed by atoms with E-state index in [0.717, 1.165) is 17.8 Å². The van der Waals surface area contributed by atoms with Gasteiger partial charge in [0.15, 0.2) is 0 Å². The first-order valence-corrected chi connectivity index (χ1v) is 9.49. The summed E-state index contributed by atoms with van der Waals surface area (Å²) in [5.41, 5.74) is 3.50. The quantitative estimate of drug-likeness (QED) is 0.763. The third kappa shape index (κ3) is 4.54. The predicted octanol–water partition coefficient (Wildman–Crippen LogP) is 2.25. The topological polar surface area (TPSA) is 66.1 Å². The Hall–Kier alpha value is -2.25. The van der Waals surface area contributed by atoms with Crippen molar-refractivity contribution in [1.82, 2.24) is 10.2 Å². The molecular weight excluding hydrogens is 344 g/mol. The maximum Gasteiger partial charge on any atom is 0.275 e. The molecule has 148 valence electrons. The van der Waals surface area contributed by atoms with Crippen molar-refractivity contribution in [3.63, 3.8) is 0 Å². The molecule has 7 heteroatoms. The molecule has 1 aromatic rings. The number of amides is 1. The van der Waals surface area contributed by atoms with Gasteiger partial charge in [-0.1, -0.05) is 0 Å². The number of benzene rings is 1. The monoisotopic (exact) mass is 374 g/mol. The minimum Gasteiger partial charge on any atom is -0.462 e. The van der Waals surface area contributed by atoms with Crippen LogP contribution < -0.4 is 15.5 Å². The number of rotatable bonds is 7. The van der Waals surface area contributed by atoms with E-state index in [0.29, 0.717) is 24.9 Å². The fraction of sp³-hybridized carbons (Fsp3) is 0.550. The van der Waals surface area contributed by atoms with E-state index < -0.39 is 0 Å². The van der Waals surface area contributed by atoms with Crippen molar-refractivity contribution in [1.29, 1.82) is 0 Å². The lowest BCUT2D eigenvalue weighted by molar-refractivity contribution is -0.113. The Morgan fingerprint density at radius 3 is 2.96 bits per heavy atom. The van der Waals surface area contributed by atoms with Gasteiger partial charge >= 0.3 is 0 Å². The zero-order valence-corrected chi connectivity index (χ0v) is 16.6. The Morgan fingerprint density at radius 2 is 2.30 bits per heavy atom. The fourth-order valence-corrected chi connectivity index (χ4v) is 3.49. The molecule has 2 heterocycles. The van der Waals surface area contributed by atoms with E-state index in [9.17, 15) is 4.79 Å². The van der Waals surface area contributed by atoms with Crippen molar-refractivity contribution in [3.05, 3.63) is 35.7 Å². The first-order valence-electron chi connectivity index (χ1n) is 9.49. The highest BCUT2D eigenvalue weighted by atomic mass is 16.5. The van der Waals surface area contributed by atoms with Crippen molar-refractivity contribution >= 4 is 17.3 Å². The van der Waals surface area contributed by atoms with E-state index in [4.69, 9.17) is 9.47 Å². The second-order valence-electron chi connectivity index (χ2n) is 7.28. The standard InChI is InChI=1S/C20H30N4O3/c1-14-12-16(24-9-5-6-15(24)2)7-8-17(14)21-19(25)18-13-27-20(22-18)23(3)10-11-26-4/h7-8,12-13,15,20,22H,5-6,9-11H2,1-4H3,(H,21,25). The minimum atomic E-state index is -0.360. The summed E-state index contributed by atoms with van der Waals surface area (Å²) in [5.74, 6) is -0.206. The lowest BCUT2D eigenvalue weighted by Gasteiger charge is -2.25. The summed E-state index contributed by atoms with van der Waals surface area (Å²) in [6.45, 7) is 6.68. The molecule has 1 fully saturated rings. The summed E-state index contributed by atoms with van der Waals surface area (Å²) in [7, 11) is 3.57. The highest BCUT2D eigenvalue weighted by Crippen LogP contribution is 2.29. The summed E-state index contributed by atoms with van der Waals surface area (Å²) >= 11 is 0. The Balaban J connectivity index is 1.58. The number of hydrogen-bond donors (Lipinski definition) is 2. The number of carbonyl (C=O) groups excluding carboxylic acids is 1. The van der Waals surface area contributed by atoms with Gasteiger partial charge in [-0.05, 0) is 57.5 Å². The van der Waals surface area contributed by atoms with E-state index >= 15 is 0 Å². The third-order valence-corrected chi connectivity index (χ3v) is 5.23. The first-order chi connectivity index (χ1) is 13.0. The number of ether oxygens (including phenoxy) is 2. The molecule has 2 aliphatic heterocycles. The van der Waals surface area contributed by atoms with Crippen LogP contribution in [0.25, 0.3) is 0 Å². The number of aryl methyl sites for hydroxylation is 1. The average molecular weight is 374 g/mol. The number of nitrogens with one attached hydrogen (secondary N) is 2. The molecular formula is C20H30N4O3. The van der Waals surface area contributed by atoms with Gasteiger partial charge in [-0.2, -0.15) is 0 Å². The molecule has 3 rings (SSSR count). The molecule has 1 saturated heterocycles. The number of methoxy groups -OCH3 is 1. The van der Waals surface area contributed by atoms with Crippen LogP contribution in [0.3, 0.4) is 0 Å². The number of likely N-dealkylation sites (N-methyl/N-ethyl adjacent to an activating group) is 1. The van der Waals surface area contributed by atoms with E-state index in [1.54, 1.807) is 7.11 Å². The van der Waals surface area contributed by atoms with Crippen molar-refractivity contribution < 1.29 is 14.3 Å². The molecule has 27 heavy (non-hydrogen) atoms. The molecule has 2 atom stereocenters. The Bertz CT molecular complexity index is 706. The average Bonchev–Trinajstić information content (AvgIpc) is 3.30. The van der Waals surface area contributed by atoms with Crippen LogP contribution in [0.4, 0.5) is 11.4 Å². The molecule has 0 bridgehead atoms. The third-order valence-electron chi connectivity index (χ3n) is 5.23. The van der Waals surface area contributed by atoms with Crippen LogP contribution in [0.1, 0.15) is 25.3 Å². The molecule has 7 nitrogen and oxygen atoms in total. The van der Waals surface area contributed by atoms with Gasteiger partial charge in [0.2, 0.25) is 6.35 Å². The van der Waals surface area contributed by atoms with Crippen molar-refractivity contribution in [3.8, 4) is 0 Å². The number of anilines is 2. The molecule has 0 spiro atoms. The summed E-state index contributed by atoms with van der Waals surface area (Å²) in [5, 5.41) is 6.06. The van der Waals surface area contributed by atoms with Crippen LogP contribution in [0.15, 0.2) is 30.2 Å². The molecule has 1 aromatic carbocycles. The molecule has 2 aliphatic rings. The van der Waals surface area contributed by atoms with E-state index in [1.165, 1.54) is 24.8 Å². The van der Waals surface area contributed by atoms with Gasteiger partial charge in [0.25, 0.3) is 5.91 Å². The summed E-state index contributed by atoms with van der Waals surface area (Å²) in [4.78, 5) is 16.9. The first kappa shape index (κ1) is 19.5. The van der Waals surface area contributed by atoms with Crippen LogP contribution in [0.2, 0.25) is 0 Å². The molecule has 1 amide bonds. The van der Waals surface area contributed by atoms with Crippen molar-refractivity contribution in [2.75, 3.05) is 44.1 Å². The lowest BCUT2D eigenvalue weighted by atomic mass is 10.1. The van der Waals surface area contributed by atoms with Crippen LogP contribution in [0, 0.1) is 6.92 Å².